The van der Waals surface area contributed by atoms with Crippen molar-refractivity contribution in [2.75, 3.05) is 0 Å². The van der Waals surface area contributed by atoms with E-state index in [2.05, 4.69) is 10.3 Å². The van der Waals surface area contributed by atoms with E-state index in [0.717, 1.165) is 16.5 Å². The molecule has 1 aromatic carbocycles. The topological polar surface area (TPSA) is 88.0 Å². The lowest BCUT2D eigenvalue weighted by molar-refractivity contribution is -0.130. The second-order valence-corrected chi connectivity index (χ2v) is 5.40. The molecule has 2 rings (SSSR count). The van der Waals surface area contributed by atoms with Crippen LogP contribution in [0.15, 0.2) is 30.5 Å². The van der Waals surface area contributed by atoms with Crippen LogP contribution in [0.4, 0.5) is 0 Å². The minimum Gasteiger partial charge on any atom is -0.368 e. The average Bonchev–Trinajstić information content (AvgIpc) is 2.79. The maximum atomic E-state index is 11.9. The first kappa shape index (κ1) is 14.1. The molecule has 106 valence electrons. The van der Waals surface area contributed by atoms with Gasteiger partial charge in [-0.25, -0.2) is 0 Å². The van der Waals surface area contributed by atoms with Gasteiger partial charge in [-0.05, 0) is 31.9 Å². The number of hydrogen-bond donors (Lipinski definition) is 3. The van der Waals surface area contributed by atoms with Crippen molar-refractivity contribution in [3.63, 3.8) is 0 Å². The van der Waals surface area contributed by atoms with E-state index in [1.807, 2.05) is 30.5 Å². The van der Waals surface area contributed by atoms with E-state index in [-0.39, 0.29) is 5.91 Å². The van der Waals surface area contributed by atoms with E-state index in [4.69, 9.17) is 5.73 Å². The third-order valence-electron chi connectivity index (χ3n) is 3.36. The first-order valence-corrected chi connectivity index (χ1v) is 6.56. The summed E-state index contributed by atoms with van der Waals surface area (Å²) in [4.78, 5) is 26.2. The molecule has 0 unspecified atom stereocenters. The van der Waals surface area contributed by atoms with Crippen LogP contribution in [-0.4, -0.2) is 22.3 Å². The number of aromatic amines is 1. The summed E-state index contributed by atoms with van der Waals surface area (Å²) in [5.41, 5.74) is 6.35. The molecular formula is C15H19N3O2. The number of rotatable bonds is 5. The largest absolute Gasteiger partial charge is 0.368 e. The molecule has 0 saturated carbocycles. The zero-order chi connectivity index (χ0) is 14.8. The van der Waals surface area contributed by atoms with E-state index in [9.17, 15) is 9.59 Å². The predicted octanol–water partition coefficient (Wildman–Crippen LogP) is 1.48. The Kier molecular flexibility index (Phi) is 3.79. The van der Waals surface area contributed by atoms with Crippen LogP contribution in [0.1, 0.15) is 25.8 Å². The first-order valence-electron chi connectivity index (χ1n) is 6.56. The molecule has 0 spiro atoms. The Balaban J connectivity index is 1.99. The van der Waals surface area contributed by atoms with Crippen LogP contribution < -0.4 is 11.1 Å². The van der Waals surface area contributed by atoms with E-state index < -0.39 is 11.4 Å². The highest BCUT2D eigenvalue weighted by atomic mass is 16.2. The molecule has 0 aliphatic carbocycles. The van der Waals surface area contributed by atoms with Crippen LogP contribution in [-0.2, 0) is 16.0 Å². The Bertz CT molecular complexity index is 643. The molecule has 1 aromatic heterocycles. The molecule has 0 aliphatic rings. The number of nitrogens with one attached hydrogen (secondary N) is 2. The van der Waals surface area contributed by atoms with Gasteiger partial charge in [0.2, 0.25) is 11.8 Å². The van der Waals surface area contributed by atoms with Gasteiger partial charge in [0.15, 0.2) is 0 Å². The lowest BCUT2D eigenvalue weighted by Gasteiger charge is -2.22. The molecule has 5 nitrogen and oxygen atoms in total. The highest BCUT2D eigenvalue weighted by Crippen LogP contribution is 2.19. The van der Waals surface area contributed by atoms with Crippen molar-refractivity contribution in [3.05, 3.63) is 36.0 Å². The van der Waals surface area contributed by atoms with Crippen LogP contribution >= 0.6 is 0 Å². The van der Waals surface area contributed by atoms with Crippen molar-refractivity contribution in [2.45, 2.75) is 32.2 Å². The van der Waals surface area contributed by atoms with Crippen molar-refractivity contribution in [2.24, 2.45) is 5.73 Å². The Hall–Kier alpha value is -2.30. The molecule has 0 fully saturated rings. The number of carbonyl (C=O) groups excluding carboxylic acids is 2. The molecule has 5 heteroatoms. The predicted molar refractivity (Wildman–Crippen MR) is 78.0 cm³/mol. The smallest absolute Gasteiger partial charge is 0.242 e. The fourth-order valence-electron chi connectivity index (χ4n) is 2.06. The second kappa shape index (κ2) is 5.36. The number of benzene rings is 1. The number of nitrogens with two attached hydrogens (primary N) is 1. The minimum atomic E-state index is -1.02. The Morgan fingerprint density at radius 3 is 2.70 bits per heavy atom. The zero-order valence-electron chi connectivity index (χ0n) is 11.7. The van der Waals surface area contributed by atoms with Gasteiger partial charge in [0.05, 0.1) is 0 Å². The Morgan fingerprint density at radius 2 is 2.00 bits per heavy atom. The molecule has 2 aromatic rings. The van der Waals surface area contributed by atoms with Gasteiger partial charge in [-0.2, -0.15) is 0 Å². The molecular weight excluding hydrogens is 254 g/mol. The number of amides is 2. The third kappa shape index (κ3) is 2.99. The second-order valence-electron chi connectivity index (χ2n) is 5.40. The van der Waals surface area contributed by atoms with Crippen LogP contribution in [0.25, 0.3) is 10.9 Å². The number of carbonyl (C=O) groups is 2. The SMILES string of the molecule is CC(C)(NC(=O)CCc1c[nH]c2ccccc12)C(N)=O. The standard InChI is InChI=1S/C15H19N3O2/c1-15(2,14(16)20)18-13(19)8-7-10-9-17-12-6-4-3-5-11(10)12/h3-6,9,17H,7-8H2,1-2H3,(H2,16,20)(H,18,19). The van der Waals surface area contributed by atoms with Gasteiger partial charge in [0.1, 0.15) is 5.54 Å². The maximum absolute atomic E-state index is 11.9. The minimum absolute atomic E-state index is 0.181. The number of fused-ring (bicyclic) bond motifs is 1. The monoisotopic (exact) mass is 273 g/mol. The molecule has 0 atom stereocenters. The number of H-pyrrole nitrogens is 1. The normalized spacial score (nSPS) is 11.5. The lowest BCUT2D eigenvalue weighted by atomic mass is 10.0. The molecule has 1 heterocycles. The first-order chi connectivity index (χ1) is 9.40. The van der Waals surface area contributed by atoms with Crippen LogP contribution in [0.5, 0.6) is 0 Å². The number of aryl methyl sites for hydroxylation is 1. The maximum Gasteiger partial charge on any atom is 0.242 e. The van der Waals surface area contributed by atoms with E-state index in [0.29, 0.717) is 12.8 Å². The van der Waals surface area contributed by atoms with Crippen molar-refractivity contribution in [1.82, 2.24) is 10.3 Å². The molecule has 20 heavy (non-hydrogen) atoms. The number of primary amides is 1. The molecule has 0 saturated heterocycles. The van der Waals surface area contributed by atoms with Crippen molar-refractivity contribution < 1.29 is 9.59 Å². The quantitative estimate of drug-likeness (QED) is 0.770. The highest BCUT2D eigenvalue weighted by molar-refractivity contribution is 5.90. The van der Waals surface area contributed by atoms with Gasteiger partial charge < -0.3 is 16.0 Å². The Morgan fingerprint density at radius 1 is 1.30 bits per heavy atom. The van der Waals surface area contributed by atoms with Gasteiger partial charge in [-0.15, -0.1) is 0 Å². The molecule has 0 radical (unpaired) electrons. The zero-order valence-corrected chi connectivity index (χ0v) is 11.7. The summed E-state index contributed by atoms with van der Waals surface area (Å²) < 4.78 is 0. The summed E-state index contributed by atoms with van der Waals surface area (Å²) in [6.07, 6.45) is 2.85. The number of aromatic nitrogens is 1. The van der Waals surface area contributed by atoms with E-state index in [1.54, 1.807) is 13.8 Å². The summed E-state index contributed by atoms with van der Waals surface area (Å²) in [7, 11) is 0. The molecule has 0 aliphatic heterocycles. The van der Waals surface area contributed by atoms with Crippen molar-refractivity contribution in [1.29, 1.82) is 0 Å². The van der Waals surface area contributed by atoms with Crippen molar-refractivity contribution in [3.8, 4) is 0 Å². The number of para-hydroxylation sites is 1. The fraction of sp³-hybridized carbons (Fsp3) is 0.333. The Labute approximate surface area is 117 Å². The highest BCUT2D eigenvalue weighted by Gasteiger charge is 2.26. The molecule has 0 bridgehead atoms. The summed E-state index contributed by atoms with van der Waals surface area (Å²) in [5, 5.41) is 3.76. The fourth-order valence-corrected chi connectivity index (χ4v) is 2.06. The van der Waals surface area contributed by atoms with Gasteiger partial charge in [0, 0.05) is 23.5 Å². The summed E-state index contributed by atoms with van der Waals surface area (Å²) in [6.45, 7) is 3.19. The van der Waals surface area contributed by atoms with Gasteiger partial charge in [-0.3, -0.25) is 9.59 Å². The van der Waals surface area contributed by atoms with Crippen LogP contribution in [0, 0.1) is 0 Å². The van der Waals surface area contributed by atoms with Gasteiger partial charge >= 0.3 is 0 Å². The van der Waals surface area contributed by atoms with Gasteiger partial charge in [-0.1, -0.05) is 18.2 Å². The lowest BCUT2D eigenvalue weighted by Crippen LogP contribution is -2.53. The number of hydrogen-bond acceptors (Lipinski definition) is 2. The third-order valence-corrected chi connectivity index (χ3v) is 3.36. The van der Waals surface area contributed by atoms with E-state index >= 15 is 0 Å². The summed E-state index contributed by atoms with van der Waals surface area (Å²) in [5.74, 6) is -0.725. The molecule has 2 amide bonds. The van der Waals surface area contributed by atoms with Gasteiger partial charge in [0.25, 0.3) is 0 Å². The van der Waals surface area contributed by atoms with Crippen LogP contribution in [0.3, 0.4) is 0 Å². The average molecular weight is 273 g/mol. The summed E-state index contributed by atoms with van der Waals surface area (Å²) in [6, 6.07) is 7.95. The van der Waals surface area contributed by atoms with Crippen LogP contribution in [0.2, 0.25) is 0 Å². The van der Waals surface area contributed by atoms with E-state index in [1.165, 1.54) is 0 Å². The van der Waals surface area contributed by atoms with Crippen molar-refractivity contribution >= 4 is 22.7 Å². The summed E-state index contributed by atoms with van der Waals surface area (Å²) >= 11 is 0. The molecule has 4 N–H and O–H groups in total.